The third kappa shape index (κ3) is 6.14. The van der Waals surface area contributed by atoms with Crippen molar-refractivity contribution in [1.82, 2.24) is 5.32 Å². The van der Waals surface area contributed by atoms with Crippen molar-refractivity contribution in [3.63, 3.8) is 0 Å². The lowest BCUT2D eigenvalue weighted by Gasteiger charge is -2.17. The van der Waals surface area contributed by atoms with Gasteiger partial charge in [0.2, 0.25) is 0 Å². The Morgan fingerprint density at radius 2 is 1.59 bits per heavy atom. The third-order valence-corrected chi connectivity index (χ3v) is 3.75. The fraction of sp³-hybridized carbons (Fsp3) is 0.250. The van der Waals surface area contributed by atoms with Crippen LogP contribution < -0.4 is 10.1 Å². The second kappa shape index (κ2) is 9.96. The van der Waals surface area contributed by atoms with Crippen molar-refractivity contribution in [1.29, 1.82) is 0 Å². The van der Waals surface area contributed by atoms with Crippen molar-refractivity contribution in [2.75, 3.05) is 20.8 Å². The smallest absolute Gasteiger partial charge is 0.337 e. The summed E-state index contributed by atoms with van der Waals surface area (Å²) in [4.78, 5) is 35.5. The molecule has 0 radical (unpaired) electrons. The van der Waals surface area contributed by atoms with E-state index in [0.717, 1.165) is 5.56 Å². The summed E-state index contributed by atoms with van der Waals surface area (Å²) in [6, 6.07) is 14.7. The maximum Gasteiger partial charge on any atom is 0.337 e. The van der Waals surface area contributed by atoms with Crippen LogP contribution in [0.4, 0.5) is 0 Å². The van der Waals surface area contributed by atoms with E-state index in [4.69, 9.17) is 9.47 Å². The molecule has 0 aromatic heterocycles. The lowest BCUT2D eigenvalue weighted by atomic mass is 10.1. The molecule has 0 bridgehead atoms. The van der Waals surface area contributed by atoms with Crippen LogP contribution in [0, 0.1) is 0 Å². The van der Waals surface area contributed by atoms with Gasteiger partial charge in [-0.25, -0.2) is 9.59 Å². The minimum Gasteiger partial charge on any atom is -0.484 e. The van der Waals surface area contributed by atoms with Gasteiger partial charge < -0.3 is 19.5 Å². The Hall–Kier alpha value is -3.35. The van der Waals surface area contributed by atoms with Crippen LogP contribution in [0.3, 0.4) is 0 Å². The number of hydrogen-bond donors (Lipinski definition) is 1. The second-order valence-corrected chi connectivity index (χ2v) is 5.64. The van der Waals surface area contributed by atoms with Gasteiger partial charge >= 0.3 is 11.9 Å². The van der Waals surface area contributed by atoms with Gasteiger partial charge in [0.05, 0.1) is 19.8 Å². The fourth-order valence-corrected chi connectivity index (χ4v) is 2.38. The number of benzene rings is 2. The summed E-state index contributed by atoms with van der Waals surface area (Å²) in [5, 5.41) is 2.61. The van der Waals surface area contributed by atoms with Gasteiger partial charge in [0.25, 0.3) is 5.91 Å². The number of hydrogen-bond acceptors (Lipinski definition) is 6. The molecule has 1 N–H and O–H groups in total. The Labute approximate surface area is 157 Å². The average Bonchev–Trinajstić information content (AvgIpc) is 2.71. The first-order chi connectivity index (χ1) is 13.0. The van der Waals surface area contributed by atoms with E-state index >= 15 is 0 Å². The Morgan fingerprint density at radius 1 is 0.926 bits per heavy atom. The van der Waals surface area contributed by atoms with Crippen molar-refractivity contribution < 1.29 is 28.6 Å². The van der Waals surface area contributed by atoms with Crippen LogP contribution >= 0.6 is 0 Å². The fourth-order valence-electron chi connectivity index (χ4n) is 2.38. The quantitative estimate of drug-likeness (QED) is 0.711. The van der Waals surface area contributed by atoms with Gasteiger partial charge in [0, 0.05) is 6.42 Å². The molecule has 0 aliphatic carbocycles. The monoisotopic (exact) mass is 371 g/mol. The zero-order valence-corrected chi connectivity index (χ0v) is 15.1. The summed E-state index contributed by atoms with van der Waals surface area (Å²) in [6.45, 7) is -0.278. The molecule has 0 saturated carbocycles. The van der Waals surface area contributed by atoms with Gasteiger partial charge in [-0.1, -0.05) is 30.3 Å². The topological polar surface area (TPSA) is 90.9 Å². The lowest BCUT2D eigenvalue weighted by molar-refractivity contribution is -0.145. The van der Waals surface area contributed by atoms with Crippen molar-refractivity contribution in [3.8, 4) is 5.75 Å². The minimum absolute atomic E-state index is 0.278. The molecule has 0 aliphatic rings. The molecule has 7 nitrogen and oxygen atoms in total. The van der Waals surface area contributed by atoms with Crippen LogP contribution in [0.15, 0.2) is 54.6 Å². The van der Waals surface area contributed by atoms with E-state index in [1.807, 2.05) is 30.3 Å². The molecule has 2 aromatic carbocycles. The summed E-state index contributed by atoms with van der Waals surface area (Å²) in [5.41, 5.74) is 1.27. The predicted octanol–water partition coefficient (Wildman–Crippen LogP) is 1.75. The number of carbonyl (C=O) groups is 3. The molecule has 2 rings (SSSR count). The van der Waals surface area contributed by atoms with Gasteiger partial charge in [-0.2, -0.15) is 0 Å². The molecular formula is C20H21NO6. The first kappa shape index (κ1) is 20.0. The van der Waals surface area contributed by atoms with Crippen LogP contribution in [-0.4, -0.2) is 44.7 Å². The lowest BCUT2D eigenvalue weighted by Crippen LogP contribution is -2.44. The van der Waals surface area contributed by atoms with Gasteiger partial charge in [-0.15, -0.1) is 0 Å². The van der Waals surface area contributed by atoms with E-state index in [2.05, 4.69) is 10.1 Å². The van der Waals surface area contributed by atoms with E-state index in [1.54, 1.807) is 12.1 Å². The van der Waals surface area contributed by atoms with Gasteiger partial charge in [0.1, 0.15) is 11.8 Å². The average molecular weight is 371 g/mol. The molecule has 2 aromatic rings. The summed E-state index contributed by atoms with van der Waals surface area (Å²) in [6.07, 6.45) is 0.313. The maximum absolute atomic E-state index is 12.1. The first-order valence-electron chi connectivity index (χ1n) is 8.25. The zero-order chi connectivity index (χ0) is 19.6. The van der Waals surface area contributed by atoms with E-state index in [9.17, 15) is 14.4 Å². The molecule has 0 spiro atoms. The van der Waals surface area contributed by atoms with E-state index < -0.39 is 23.9 Å². The Morgan fingerprint density at radius 3 is 2.19 bits per heavy atom. The number of nitrogens with one attached hydrogen (secondary N) is 1. The van der Waals surface area contributed by atoms with Crippen LogP contribution in [0.5, 0.6) is 5.75 Å². The number of ether oxygens (including phenoxy) is 3. The van der Waals surface area contributed by atoms with Crippen LogP contribution in [-0.2, 0) is 25.5 Å². The van der Waals surface area contributed by atoms with Gasteiger partial charge in [0.15, 0.2) is 6.61 Å². The summed E-state index contributed by atoms with van der Waals surface area (Å²) >= 11 is 0. The standard InChI is InChI=1S/C20H21NO6/c1-25-19(23)15-8-10-16(11-9-15)27-13-18(22)21-17(20(24)26-2)12-14-6-4-3-5-7-14/h3-11,17H,12-13H2,1-2H3,(H,21,22)/t17-/m0/s1. The van der Waals surface area contributed by atoms with Crippen molar-refractivity contribution in [3.05, 3.63) is 65.7 Å². The minimum atomic E-state index is -0.810. The molecular weight excluding hydrogens is 350 g/mol. The number of amides is 1. The van der Waals surface area contributed by atoms with E-state index in [-0.39, 0.29) is 6.61 Å². The molecule has 0 fully saturated rings. The molecule has 0 saturated heterocycles. The third-order valence-electron chi connectivity index (χ3n) is 3.75. The molecule has 7 heteroatoms. The van der Waals surface area contributed by atoms with Crippen molar-refractivity contribution in [2.24, 2.45) is 0 Å². The van der Waals surface area contributed by atoms with Crippen molar-refractivity contribution in [2.45, 2.75) is 12.5 Å². The molecule has 142 valence electrons. The second-order valence-electron chi connectivity index (χ2n) is 5.64. The van der Waals surface area contributed by atoms with Crippen molar-refractivity contribution >= 4 is 17.8 Å². The van der Waals surface area contributed by atoms with Gasteiger partial charge in [-0.3, -0.25) is 4.79 Å². The van der Waals surface area contributed by atoms with Crippen LogP contribution in [0.1, 0.15) is 15.9 Å². The summed E-state index contributed by atoms with van der Waals surface area (Å²) in [7, 11) is 2.57. The van der Waals surface area contributed by atoms with E-state index in [0.29, 0.717) is 17.7 Å². The largest absolute Gasteiger partial charge is 0.484 e. The Bertz CT molecular complexity index is 773. The molecule has 0 heterocycles. The molecule has 1 atom stereocenters. The summed E-state index contributed by atoms with van der Waals surface area (Å²) in [5.74, 6) is -1.04. The first-order valence-corrected chi connectivity index (χ1v) is 8.25. The number of carbonyl (C=O) groups excluding carboxylic acids is 3. The predicted molar refractivity (Wildman–Crippen MR) is 97.4 cm³/mol. The molecule has 1 amide bonds. The number of rotatable bonds is 8. The summed E-state index contributed by atoms with van der Waals surface area (Å²) < 4.78 is 14.8. The van der Waals surface area contributed by atoms with Crippen LogP contribution in [0.25, 0.3) is 0 Å². The number of methoxy groups -OCH3 is 2. The normalized spacial score (nSPS) is 11.2. The Kier molecular flexibility index (Phi) is 7.37. The SMILES string of the molecule is COC(=O)c1ccc(OCC(=O)N[C@@H](Cc2ccccc2)C(=O)OC)cc1. The van der Waals surface area contributed by atoms with E-state index in [1.165, 1.54) is 26.4 Å². The van der Waals surface area contributed by atoms with Crippen LogP contribution in [0.2, 0.25) is 0 Å². The Balaban J connectivity index is 1.91. The number of esters is 2. The molecule has 0 unspecified atom stereocenters. The molecule has 27 heavy (non-hydrogen) atoms. The highest BCUT2D eigenvalue weighted by molar-refractivity contribution is 5.89. The highest BCUT2D eigenvalue weighted by atomic mass is 16.5. The maximum atomic E-state index is 12.1. The highest BCUT2D eigenvalue weighted by Crippen LogP contribution is 2.13. The molecule has 0 aliphatic heterocycles. The zero-order valence-electron chi connectivity index (χ0n) is 15.1. The van der Waals surface area contributed by atoms with Gasteiger partial charge in [-0.05, 0) is 29.8 Å². The highest BCUT2D eigenvalue weighted by Gasteiger charge is 2.22.